The number of hydrogen-bond donors (Lipinski definition) is 1. The van der Waals surface area contributed by atoms with Crippen molar-refractivity contribution >= 4 is 23.5 Å². The Hall–Kier alpha value is -3.36. The third-order valence-corrected chi connectivity index (χ3v) is 5.78. The minimum Gasteiger partial charge on any atom is -0.491 e. The van der Waals surface area contributed by atoms with Gasteiger partial charge in [0.1, 0.15) is 22.9 Å². The second kappa shape index (κ2) is 9.48. The van der Waals surface area contributed by atoms with E-state index in [0.717, 1.165) is 13.1 Å². The van der Waals surface area contributed by atoms with Crippen LogP contribution >= 0.6 is 0 Å². The van der Waals surface area contributed by atoms with Crippen molar-refractivity contribution in [3.63, 3.8) is 0 Å². The number of nitrogens with one attached hydrogen (secondary N) is 1. The fourth-order valence-electron chi connectivity index (χ4n) is 4.39. The monoisotopic (exact) mass is 467 g/mol. The van der Waals surface area contributed by atoms with E-state index in [0.29, 0.717) is 42.2 Å². The van der Waals surface area contributed by atoms with Gasteiger partial charge in [-0.1, -0.05) is 6.07 Å². The normalized spacial score (nSPS) is 19.8. The van der Waals surface area contributed by atoms with Crippen molar-refractivity contribution in [3.8, 4) is 5.75 Å². The van der Waals surface area contributed by atoms with Crippen molar-refractivity contribution in [1.29, 1.82) is 0 Å². The zero-order valence-corrected chi connectivity index (χ0v) is 20.4. The summed E-state index contributed by atoms with van der Waals surface area (Å²) in [5, 5.41) is 2.87. The molecule has 2 aliphatic rings. The van der Waals surface area contributed by atoms with Crippen LogP contribution in [0.3, 0.4) is 0 Å². The van der Waals surface area contributed by atoms with Crippen LogP contribution in [0.15, 0.2) is 36.7 Å². The van der Waals surface area contributed by atoms with Crippen LogP contribution in [0.2, 0.25) is 0 Å². The Morgan fingerprint density at radius 2 is 1.79 bits per heavy atom. The lowest BCUT2D eigenvalue weighted by molar-refractivity contribution is 0.0282. The molecule has 0 radical (unpaired) electrons. The highest BCUT2D eigenvalue weighted by Crippen LogP contribution is 2.34. The van der Waals surface area contributed by atoms with Crippen LogP contribution < -0.4 is 15.0 Å². The summed E-state index contributed by atoms with van der Waals surface area (Å²) in [4.78, 5) is 38.0. The van der Waals surface area contributed by atoms with Gasteiger partial charge in [-0.25, -0.2) is 9.78 Å². The van der Waals surface area contributed by atoms with Crippen molar-refractivity contribution in [1.82, 2.24) is 14.9 Å². The molecule has 1 N–H and O–H groups in total. The molecule has 182 valence electrons. The number of rotatable bonds is 5. The van der Waals surface area contributed by atoms with Crippen LogP contribution in [0.25, 0.3) is 0 Å². The summed E-state index contributed by atoms with van der Waals surface area (Å²) in [6, 6.07) is 7.27. The zero-order chi connectivity index (χ0) is 24.5. The number of fused-ring (bicyclic) bond motifs is 1. The fourth-order valence-corrected chi connectivity index (χ4v) is 4.39. The van der Waals surface area contributed by atoms with Gasteiger partial charge in [0.2, 0.25) is 0 Å². The van der Waals surface area contributed by atoms with E-state index >= 15 is 0 Å². The van der Waals surface area contributed by atoms with Crippen molar-refractivity contribution in [2.24, 2.45) is 11.8 Å². The number of benzene rings is 1. The van der Waals surface area contributed by atoms with Gasteiger partial charge in [0.05, 0.1) is 18.5 Å². The third-order valence-electron chi connectivity index (χ3n) is 5.78. The summed E-state index contributed by atoms with van der Waals surface area (Å²) in [7, 11) is 0. The average Bonchev–Trinajstić information content (AvgIpc) is 3.32. The molecule has 9 nitrogen and oxygen atoms in total. The molecule has 2 amide bonds. The van der Waals surface area contributed by atoms with E-state index in [9.17, 15) is 9.59 Å². The molecule has 1 aromatic heterocycles. The largest absolute Gasteiger partial charge is 0.491 e. The first-order chi connectivity index (χ1) is 16.1. The molecule has 2 fully saturated rings. The molecule has 2 aromatic rings. The predicted octanol–water partition coefficient (Wildman–Crippen LogP) is 3.82. The van der Waals surface area contributed by atoms with Gasteiger partial charge in [-0.2, -0.15) is 0 Å². The zero-order valence-electron chi connectivity index (χ0n) is 20.4. The summed E-state index contributed by atoms with van der Waals surface area (Å²) < 4.78 is 11.2. The number of hydrogen-bond acceptors (Lipinski definition) is 7. The Morgan fingerprint density at radius 1 is 1.09 bits per heavy atom. The maximum absolute atomic E-state index is 12.8. The maximum atomic E-state index is 12.8. The van der Waals surface area contributed by atoms with Crippen LogP contribution in [0.1, 0.15) is 45.1 Å². The molecular formula is C25H33N5O4. The molecule has 4 rings (SSSR count). The number of likely N-dealkylation sites (tertiary alicyclic amines) is 1. The van der Waals surface area contributed by atoms with Crippen LogP contribution in [-0.4, -0.2) is 64.8 Å². The van der Waals surface area contributed by atoms with E-state index in [-0.39, 0.29) is 23.8 Å². The molecule has 2 atom stereocenters. The molecule has 2 unspecified atom stereocenters. The van der Waals surface area contributed by atoms with E-state index in [2.05, 4.69) is 20.2 Å². The fraction of sp³-hybridized carbons (Fsp3) is 0.520. The Labute approximate surface area is 200 Å². The van der Waals surface area contributed by atoms with Crippen LogP contribution in [0.5, 0.6) is 5.75 Å². The van der Waals surface area contributed by atoms with Gasteiger partial charge in [-0.3, -0.25) is 9.78 Å². The van der Waals surface area contributed by atoms with Gasteiger partial charge in [-0.05, 0) is 46.8 Å². The highest BCUT2D eigenvalue weighted by molar-refractivity contribution is 6.02. The predicted molar refractivity (Wildman–Crippen MR) is 129 cm³/mol. The number of carbonyl (C=O) groups is 2. The molecule has 2 saturated heterocycles. The van der Waals surface area contributed by atoms with Crippen molar-refractivity contribution in [2.45, 2.75) is 46.3 Å². The van der Waals surface area contributed by atoms with Crippen molar-refractivity contribution < 1.29 is 19.1 Å². The molecule has 0 bridgehead atoms. The number of anilines is 2. The summed E-state index contributed by atoms with van der Waals surface area (Å²) in [5.74, 6) is 1.72. The molecule has 1 aromatic carbocycles. The number of carbonyl (C=O) groups excluding carboxylic acids is 2. The molecule has 0 saturated carbocycles. The summed E-state index contributed by atoms with van der Waals surface area (Å²) in [6.07, 6.45) is 2.94. The van der Waals surface area contributed by atoms with Gasteiger partial charge in [-0.15, -0.1) is 0 Å². The lowest BCUT2D eigenvalue weighted by atomic mass is 10.0. The molecule has 0 spiro atoms. The SMILES string of the molecule is CC(C)Oc1cccc(NC(=O)c2cncc(N3CC4CN(C(=O)OC(C)(C)C)CC4C3)n2)c1. The highest BCUT2D eigenvalue weighted by atomic mass is 16.6. The van der Waals surface area contributed by atoms with Crippen molar-refractivity contribution in [2.75, 3.05) is 36.4 Å². The molecule has 3 heterocycles. The molecular weight excluding hydrogens is 434 g/mol. The summed E-state index contributed by atoms with van der Waals surface area (Å²) in [6.45, 7) is 12.4. The smallest absolute Gasteiger partial charge is 0.410 e. The second-order valence-corrected chi connectivity index (χ2v) is 10.2. The summed E-state index contributed by atoms with van der Waals surface area (Å²) in [5.41, 5.74) is 0.383. The third kappa shape index (κ3) is 5.76. The maximum Gasteiger partial charge on any atom is 0.410 e. The van der Waals surface area contributed by atoms with Gasteiger partial charge in [0, 0.05) is 49.8 Å². The number of aromatic nitrogens is 2. The quantitative estimate of drug-likeness (QED) is 0.714. The molecule has 9 heteroatoms. The molecule has 2 aliphatic heterocycles. The van der Waals surface area contributed by atoms with Crippen LogP contribution in [0.4, 0.5) is 16.3 Å². The Morgan fingerprint density at radius 3 is 2.44 bits per heavy atom. The summed E-state index contributed by atoms with van der Waals surface area (Å²) >= 11 is 0. The Kier molecular flexibility index (Phi) is 6.63. The standard InChI is InChI=1S/C25H33N5O4/c1-16(2)33-20-8-6-7-19(9-20)27-23(31)21-10-26-11-22(28-21)29-12-17-14-30(15-18(17)13-29)24(32)34-25(3,4)5/h6-11,16-18H,12-15H2,1-5H3,(H,27,31). The van der Waals surface area contributed by atoms with E-state index in [4.69, 9.17) is 9.47 Å². The van der Waals surface area contributed by atoms with E-state index in [1.54, 1.807) is 23.2 Å². The van der Waals surface area contributed by atoms with Gasteiger partial charge < -0.3 is 24.6 Å². The minimum atomic E-state index is -0.500. The van der Waals surface area contributed by atoms with Crippen molar-refractivity contribution in [3.05, 3.63) is 42.4 Å². The first kappa shape index (κ1) is 23.8. The van der Waals surface area contributed by atoms with Crippen LogP contribution in [0, 0.1) is 11.8 Å². The minimum absolute atomic E-state index is 0.0460. The molecule has 34 heavy (non-hydrogen) atoms. The first-order valence-electron chi connectivity index (χ1n) is 11.7. The first-order valence-corrected chi connectivity index (χ1v) is 11.7. The van der Waals surface area contributed by atoms with E-state index < -0.39 is 5.60 Å². The van der Waals surface area contributed by atoms with Crippen LogP contribution in [-0.2, 0) is 4.74 Å². The number of amides is 2. The average molecular weight is 468 g/mol. The van der Waals surface area contributed by atoms with Gasteiger partial charge >= 0.3 is 6.09 Å². The highest BCUT2D eigenvalue weighted by Gasteiger charge is 2.43. The topological polar surface area (TPSA) is 96.9 Å². The van der Waals surface area contributed by atoms with E-state index in [1.807, 2.05) is 46.8 Å². The number of nitrogens with zero attached hydrogens (tertiary/aromatic N) is 4. The lowest BCUT2D eigenvalue weighted by Crippen LogP contribution is -2.37. The van der Waals surface area contributed by atoms with Gasteiger partial charge in [0.15, 0.2) is 0 Å². The number of ether oxygens (including phenoxy) is 2. The Bertz CT molecular complexity index is 1040. The second-order valence-electron chi connectivity index (χ2n) is 10.2. The Balaban J connectivity index is 1.37. The lowest BCUT2D eigenvalue weighted by Gasteiger charge is -2.26. The molecule has 0 aliphatic carbocycles. The van der Waals surface area contributed by atoms with E-state index in [1.165, 1.54) is 6.20 Å². The van der Waals surface area contributed by atoms with Gasteiger partial charge in [0.25, 0.3) is 5.91 Å².